The Balaban J connectivity index is 2.21. The Bertz CT molecular complexity index is 335. The van der Waals surface area contributed by atoms with Crippen LogP contribution in [0.4, 0.5) is 0 Å². The summed E-state index contributed by atoms with van der Waals surface area (Å²) in [4.78, 5) is 10.6. The molecule has 0 aliphatic carbocycles. The second-order valence-electron chi connectivity index (χ2n) is 3.78. The number of ether oxygens (including phenoxy) is 1. The quantitative estimate of drug-likeness (QED) is 0.588. The van der Waals surface area contributed by atoms with E-state index in [9.17, 15) is 4.79 Å². The fourth-order valence-electron chi connectivity index (χ4n) is 1.43. The highest BCUT2D eigenvalue weighted by Crippen LogP contribution is 2.13. The average Bonchev–Trinajstić information content (AvgIpc) is 2.34. The first-order valence-electron chi connectivity index (χ1n) is 5.76. The number of hydrogen-bond donors (Lipinski definition) is 1. The third kappa shape index (κ3) is 5.73. The largest absolute Gasteiger partial charge is 0.494 e. The van der Waals surface area contributed by atoms with E-state index in [0.717, 1.165) is 17.5 Å². The van der Waals surface area contributed by atoms with E-state index in [-0.39, 0.29) is 5.56 Å². The van der Waals surface area contributed by atoms with Gasteiger partial charge in [-0.3, -0.25) is 0 Å². The number of aromatic carboxylic acids is 1. The van der Waals surface area contributed by atoms with Crippen molar-refractivity contribution in [3.05, 3.63) is 29.8 Å². The molecule has 0 bridgehead atoms. The zero-order chi connectivity index (χ0) is 12.5. The van der Waals surface area contributed by atoms with Gasteiger partial charge < -0.3 is 9.84 Å². The standard InChI is InChI=1S/C13H17BrO3/c14-9-3-1-2-4-10-17-12-7-5-11(6-8-12)13(15)16/h5-8H,1-4,9-10H2,(H,15,16). The van der Waals surface area contributed by atoms with Gasteiger partial charge in [0.05, 0.1) is 12.2 Å². The van der Waals surface area contributed by atoms with Crippen molar-refractivity contribution in [3.63, 3.8) is 0 Å². The van der Waals surface area contributed by atoms with Crippen LogP contribution >= 0.6 is 15.9 Å². The monoisotopic (exact) mass is 300 g/mol. The molecule has 0 saturated carbocycles. The van der Waals surface area contributed by atoms with Gasteiger partial charge in [0.15, 0.2) is 0 Å². The lowest BCUT2D eigenvalue weighted by Crippen LogP contribution is -1.99. The Morgan fingerprint density at radius 3 is 2.35 bits per heavy atom. The number of carboxylic acids is 1. The summed E-state index contributed by atoms with van der Waals surface area (Å²) in [6.07, 6.45) is 4.62. The van der Waals surface area contributed by atoms with E-state index >= 15 is 0 Å². The second kappa shape index (κ2) is 8.12. The third-order valence-electron chi connectivity index (χ3n) is 2.40. The van der Waals surface area contributed by atoms with E-state index in [1.54, 1.807) is 24.3 Å². The van der Waals surface area contributed by atoms with Gasteiger partial charge in [0.2, 0.25) is 0 Å². The number of alkyl halides is 1. The molecule has 0 aliphatic heterocycles. The highest BCUT2D eigenvalue weighted by atomic mass is 79.9. The highest BCUT2D eigenvalue weighted by molar-refractivity contribution is 9.09. The van der Waals surface area contributed by atoms with Crippen LogP contribution in [0.15, 0.2) is 24.3 Å². The van der Waals surface area contributed by atoms with Crippen molar-refractivity contribution in [2.75, 3.05) is 11.9 Å². The van der Waals surface area contributed by atoms with Gasteiger partial charge in [-0.15, -0.1) is 0 Å². The Morgan fingerprint density at radius 1 is 1.12 bits per heavy atom. The number of carboxylic acid groups (broad SMARTS) is 1. The SMILES string of the molecule is O=C(O)c1ccc(OCCCCCCBr)cc1. The maximum Gasteiger partial charge on any atom is 0.335 e. The molecule has 4 heteroatoms. The molecule has 0 saturated heterocycles. The van der Waals surface area contributed by atoms with Crippen LogP contribution in [-0.2, 0) is 0 Å². The summed E-state index contributed by atoms with van der Waals surface area (Å²) in [6.45, 7) is 0.689. The summed E-state index contributed by atoms with van der Waals surface area (Å²) in [5.41, 5.74) is 0.287. The van der Waals surface area contributed by atoms with Crippen molar-refractivity contribution in [2.24, 2.45) is 0 Å². The van der Waals surface area contributed by atoms with Crippen LogP contribution in [-0.4, -0.2) is 23.0 Å². The maximum atomic E-state index is 10.6. The summed E-state index contributed by atoms with van der Waals surface area (Å²) in [5, 5.41) is 9.79. The van der Waals surface area contributed by atoms with E-state index in [0.29, 0.717) is 6.61 Å². The molecule has 3 nitrogen and oxygen atoms in total. The zero-order valence-corrected chi connectivity index (χ0v) is 11.3. The minimum atomic E-state index is -0.911. The molecule has 1 rings (SSSR count). The van der Waals surface area contributed by atoms with Gasteiger partial charge in [0.25, 0.3) is 0 Å². The topological polar surface area (TPSA) is 46.5 Å². The minimum Gasteiger partial charge on any atom is -0.494 e. The number of halogens is 1. The van der Waals surface area contributed by atoms with E-state index in [4.69, 9.17) is 9.84 Å². The summed E-state index contributed by atoms with van der Waals surface area (Å²) < 4.78 is 5.52. The van der Waals surface area contributed by atoms with E-state index in [2.05, 4.69) is 15.9 Å². The smallest absolute Gasteiger partial charge is 0.335 e. The van der Waals surface area contributed by atoms with E-state index in [1.807, 2.05) is 0 Å². The Labute approximate surface area is 110 Å². The first kappa shape index (κ1) is 14.0. The molecule has 0 aromatic heterocycles. The summed E-state index contributed by atoms with van der Waals surface area (Å²) in [5.74, 6) is -0.179. The third-order valence-corrected chi connectivity index (χ3v) is 2.96. The van der Waals surface area contributed by atoms with Gasteiger partial charge in [0, 0.05) is 5.33 Å². The first-order valence-corrected chi connectivity index (χ1v) is 6.88. The van der Waals surface area contributed by atoms with Crippen LogP contribution in [0.25, 0.3) is 0 Å². The molecule has 1 aromatic carbocycles. The summed E-state index contributed by atoms with van der Waals surface area (Å²) >= 11 is 3.39. The van der Waals surface area contributed by atoms with Gasteiger partial charge in [-0.05, 0) is 37.1 Å². The lowest BCUT2D eigenvalue weighted by molar-refractivity contribution is 0.0697. The van der Waals surface area contributed by atoms with Gasteiger partial charge >= 0.3 is 5.97 Å². The molecule has 17 heavy (non-hydrogen) atoms. The lowest BCUT2D eigenvalue weighted by atomic mass is 10.2. The van der Waals surface area contributed by atoms with E-state index in [1.165, 1.54) is 19.3 Å². The number of unbranched alkanes of at least 4 members (excludes halogenated alkanes) is 3. The van der Waals surface area contributed by atoms with Crippen molar-refractivity contribution >= 4 is 21.9 Å². The van der Waals surface area contributed by atoms with Crippen LogP contribution < -0.4 is 4.74 Å². The maximum absolute atomic E-state index is 10.6. The first-order chi connectivity index (χ1) is 8.24. The van der Waals surface area contributed by atoms with Crippen LogP contribution in [0, 0.1) is 0 Å². The number of benzene rings is 1. The predicted molar refractivity (Wildman–Crippen MR) is 71.2 cm³/mol. The van der Waals surface area contributed by atoms with Gasteiger partial charge in [-0.25, -0.2) is 4.79 Å². The average molecular weight is 301 g/mol. The van der Waals surface area contributed by atoms with Gasteiger partial charge in [-0.1, -0.05) is 28.8 Å². The molecule has 0 radical (unpaired) electrons. The second-order valence-corrected chi connectivity index (χ2v) is 4.57. The van der Waals surface area contributed by atoms with Crippen LogP contribution in [0.2, 0.25) is 0 Å². The molecule has 0 aliphatic rings. The zero-order valence-electron chi connectivity index (χ0n) is 9.69. The van der Waals surface area contributed by atoms with Gasteiger partial charge in [0.1, 0.15) is 5.75 Å². The fourth-order valence-corrected chi connectivity index (χ4v) is 1.83. The molecule has 0 heterocycles. The van der Waals surface area contributed by atoms with Crippen molar-refractivity contribution in [3.8, 4) is 5.75 Å². The van der Waals surface area contributed by atoms with Crippen molar-refractivity contribution in [1.29, 1.82) is 0 Å². The molecular weight excluding hydrogens is 284 g/mol. The number of rotatable bonds is 8. The Kier molecular flexibility index (Phi) is 6.70. The molecular formula is C13H17BrO3. The normalized spacial score (nSPS) is 10.2. The molecule has 1 aromatic rings. The Hall–Kier alpha value is -1.03. The molecule has 0 amide bonds. The van der Waals surface area contributed by atoms with E-state index < -0.39 is 5.97 Å². The number of carbonyl (C=O) groups is 1. The molecule has 0 fully saturated rings. The van der Waals surface area contributed by atoms with Crippen molar-refractivity contribution in [1.82, 2.24) is 0 Å². The molecule has 0 atom stereocenters. The minimum absolute atomic E-state index is 0.287. The fraction of sp³-hybridized carbons (Fsp3) is 0.462. The van der Waals surface area contributed by atoms with Crippen LogP contribution in [0.5, 0.6) is 5.75 Å². The molecule has 0 unspecified atom stereocenters. The Morgan fingerprint density at radius 2 is 1.76 bits per heavy atom. The van der Waals surface area contributed by atoms with Crippen LogP contribution in [0.1, 0.15) is 36.0 Å². The molecule has 1 N–H and O–H groups in total. The van der Waals surface area contributed by atoms with Crippen molar-refractivity contribution in [2.45, 2.75) is 25.7 Å². The van der Waals surface area contributed by atoms with Gasteiger partial charge in [-0.2, -0.15) is 0 Å². The van der Waals surface area contributed by atoms with Crippen molar-refractivity contribution < 1.29 is 14.6 Å². The molecule has 0 spiro atoms. The summed E-state index contributed by atoms with van der Waals surface area (Å²) in [6, 6.07) is 6.51. The lowest BCUT2D eigenvalue weighted by Gasteiger charge is -2.06. The molecule has 94 valence electrons. The van der Waals surface area contributed by atoms with Crippen LogP contribution in [0.3, 0.4) is 0 Å². The number of hydrogen-bond acceptors (Lipinski definition) is 2. The highest BCUT2D eigenvalue weighted by Gasteiger charge is 2.01. The summed E-state index contributed by atoms with van der Waals surface area (Å²) in [7, 11) is 0. The predicted octanol–water partition coefficient (Wildman–Crippen LogP) is 3.72.